The Balaban J connectivity index is 2.28. The molecule has 1 aliphatic heterocycles. The monoisotopic (exact) mass is 233 g/mol. The van der Waals surface area contributed by atoms with Crippen LogP contribution in [-0.4, -0.2) is 30.9 Å². The van der Waals surface area contributed by atoms with Crippen molar-refractivity contribution in [3.63, 3.8) is 0 Å². The molecule has 1 aromatic heterocycles. The van der Waals surface area contributed by atoms with Crippen LogP contribution >= 0.6 is 11.3 Å². The van der Waals surface area contributed by atoms with E-state index in [1.807, 2.05) is 0 Å². The van der Waals surface area contributed by atoms with Crippen molar-refractivity contribution < 1.29 is 13.5 Å². The molecule has 1 aromatic rings. The highest BCUT2D eigenvalue weighted by Crippen LogP contribution is 2.27. The van der Waals surface area contributed by atoms with Crippen molar-refractivity contribution in [3.05, 3.63) is 17.0 Å². The van der Waals surface area contributed by atoms with Gasteiger partial charge in [0.2, 0.25) is 0 Å². The number of nitrogens with zero attached hydrogens (tertiary/aromatic N) is 1. The minimum Gasteiger partial charge on any atom is -0.391 e. The lowest BCUT2D eigenvalue weighted by atomic mass is 10.3. The van der Waals surface area contributed by atoms with Gasteiger partial charge >= 0.3 is 0 Å². The van der Waals surface area contributed by atoms with E-state index in [4.69, 9.17) is 5.11 Å². The summed E-state index contributed by atoms with van der Waals surface area (Å²) in [7, 11) is -3.25. The van der Waals surface area contributed by atoms with Gasteiger partial charge in [-0.2, -0.15) is 4.31 Å². The summed E-state index contributed by atoms with van der Waals surface area (Å²) < 4.78 is 25.4. The largest absolute Gasteiger partial charge is 0.391 e. The maximum atomic E-state index is 11.8. The van der Waals surface area contributed by atoms with Crippen molar-refractivity contribution in [2.45, 2.75) is 17.2 Å². The van der Waals surface area contributed by atoms with Crippen molar-refractivity contribution in [3.8, 4) is 0 Å². The van der Waals surface area contributed by atoms with Gasteiger partial charge in [-0.25, -0.2) is 8.42 Å². The van der Waals surface area contributed by atoms with E-state index in [1.165, 1.54) is 4.31 Å². The molecule has 1 saturated heterocycles. The molecule has 0 saturated carbocycles. The molecule has 78 valence electrons. The highest BCUT2D eigenvalue weighted by molar-refractivity contribution is 7.91. The van der Waals surface area contributed by atoms with Gasteiger partial charge < -0.3 is 5.11 Å². The normalized spacial score (nSPS) is 18.1. The molecule has 14 heavy (non-hydrogen) atoms. The number of sulfonamides is 1. The van der Waals surface area contributed by atoms with E-state index in [9.17, 15) is 8.42 Å². The number of thiophene rings is 1. The quantitative estimate of drug-likeness (QED) is 0.833. The van der Waals surface area contributed by atoms with Crippen LogP contribution in [0.4, 0.5) is 0 Å². The smallest absolute Gasteiger partial charge is 0.252 e. The zero-order valence-electron chi connectivity index (χ0n) is 7.51. The first-order valence-corrected chi connectivity index (χ1v) is 6.60. The Morgan fingerprint density at radius 2 is 2.14 bits per heavy atom. The van der Waals surface area contributed by atoms with Crippen molar-refractivity contribution in [2.24, 2.45) is 0 Å². The molecule has 0 radical (unpaired) electrons. The number of aliphatic hydroxyl groups excluding tert-OH is 1. The zero-order valence-corrected chi connectivity index (χ0v) is 9.14. The van der Waals surface area contributed by atoms with E-state index >= 15 is 0 Å². The molecular formula is C8H11NO3S2. The summed E-state index contributed by atoms with van der Waals surface area (Å²) in [6, 6.07) is 3.21. The van der Waals surface area contributed by atoms with Crippen molar-refractivity contribution in [1.82, 2.24) is 4.31 Å². The molecule has 0 amide bonds. The highest BCUT2D eigenvalue weighted by Gasteiger charge is 2.30. The first-order valence-electron chi connectivity index (χ1n) is 4.34. The minimum absolute atomic E-state index is 0.0970. The van der Waals surface area contributed by atoms with E-state index in [1.54, 1.807) is 12.1 Å². The van der Waals surface area contributed by atoms with Gasteiger partial charge in [0, 0.05) is 18.0 Å². The standard InChI is InChI=1S/C8H11NO3S2/c10-6-7-2-3-8(13-7)14(11,12)9-4-1-5-9/h2-3,10H,1,4-6H2. The summed E-state index contributed by atoms with van der Waals surface area (Å²) in [5.74, 6) is 0. The Kier molecular flexibility index (Phi) is 2.61. The summed E-state index contributed by atoms with van der Waals surface area (Å²) in [6.07, 6.45) is 0.942. The number of aliphatic hydroxyl groups is 1. The molecule has 2 rings (SSSR count). The van der Waals surface area contributed by atoms with Crippen molar-refractivity contribution >= 4 is 21.4 Å². The molecule has 4 nitrogen and oxygen atoms in total. The molecule has 1 N–H and O–H groups in total. The number of hydrogen-bond donors (Lipinski definition) is 1. The van der Waals surface area contributed by atoms with Crippen LogP contribution in [0.1, 0.15) is 11.3 Å². The summed E-state index contributed by atoms with van der Waals surface area (Å²) in [4.78, 5) is 0.684. The SMILES string of the molecule is O=S(=O)(c1ccc(CO)s1)N1CCC1. The average Bonchev–Trinajstić information content (AvgIpc) is 2.47. The van der Waals surface area contributed by atoms with Crippen LogP contribution in [0.2, 0.25) is 0 Å². The van der Waals surface area contributed by atoms with Crippen LogP contribution in [0, 0.1) is 0 Å². The van der Waals surface area contributed by atoms with Crippen LogP contribution in [0.25, 0.3) is 0 Å². The molecule has 2 heterocycles. The van der Waals surface area contributed by atoms with Crippen LogP contribution in [0.5, 0.6) is 0 Å². The van der Waals surface area contributed by atoms with Crippen molar-refractivity contribution in [2.75, 3.05) is 13.1 Å². The summed E-state index contributed by atoms with van der Waals surface area (Å²) in [6.45, 7) is 1.14. The molecule has 0 atom stereocenters. The predicted molar refractivity (Wildman–Crippen MR) is 53.6 cm³/mol. The van der Waals surface area contributed by atoms with Crippen LogP contribution < -0.4 is 0 Å². The van der Waals surface area contributed by atoms with Gasteiger partial charge in [-0.05, 0) is 18.6 Å². The van der Waals surface area contributed by atoms with Gasteiger partial charge in [-0.15, -0.1) is 11.3 Å². The average molecular weight is 233 g/mol. The Labute approximate surface area is 86.8 Å². The Bertz CT molecular complexity index is 420. The van der Waals surface area contributed by atoms with E-state index in [0.717, 1.165) is 17.8 Å². The van der Waals surface area contributed by atoms with E-state index < -0.39 is 10.0 Å². The maximum absolute atomic E-state index is 11.8. The van der Waals surface area contributed by atoms with Gasteiger partial charge in [0.1, 0.15) is 4.21 Å². The summed E-state index contributed by atoms with van der Waals surface area (Å²) in [5.41, 5.74) is 0. The molecule has 6 heteroatoms. The number of rotatable bonds is 3. The third-order valence-electron chi connectivity index (χ3n) is 2.20. The molecule has 0 spiro atoms. The van der Waals surface area contributed by atoms with E-state index in [0.29, 0.717) is 22.2 Å². The molecule has 1 aliphatic rings. The second-order valence-electron chi connectivity index (χ2n) is 3.14. The Morgan fingerprint density at radius 3 is 2.57 bits per heavy atom. The highest BCUT2D eigenvalue weighted by atomic mass is 32.2. The van der Waals surface area contributed by atoms with Gasteiger partial charge in [-0.1, -0.05) is 0 Å². The first kappa shape index (κ1) is 10.1. The fourth-order valence-electron chi connectivity index (χ4n) is 1.24. The molecule has 0 bridgehead atoms. The van der Waals surface area contributed by atoms with Gasteiger partial charge in [-0.3, -0.25) is 0 Å². The van der Waals surface area contributed by atoms with Gasteiger partial charge in [0.05, 0.1) is 6.61 Å². The third kappa shape index (κ3) is 1.58. The predicted octanol–water partition coefficient (Wildman–Crippen LogP) is 0.635. The fraction of sp³-hybridized carbons (Fsp3) is 0.500. The van der Waals surface area contributed by atoms with E-state index in [-0.39, 0.29) is 6.61 Å². The lowest BCUT2D eigenvalue weighted by Gasteiger charge is -2.28. The fourth-order valence-corrected chi connectivity index (χ4v) is 4.12. The maximum Gasteiger partial charge on any atom is 0.252 e. The molecule has 0 aliphatic carbocycles. The second kappa shape index (κ2) is 3.62. The van der Waals surface area contributed by atoms with Gasteiger partial charge in [0.15, 0.2) is 0 Å². The summed E-state index contributed by atoms with van der Waals surface area (Å²) >= 11 is 1.14. The molecule has 0 aromatic carbocycles. The lowest BCUT2D eigenvalue weighted by Crippen LogP contribution is -2.41. The van der Waals surface area contributed by atoms with Crippen LogP contribution in [0.3, 0.4) is 0 Å². The Morgan fingerprint density at radius 1 is 1.43 bits per heavy atom. The van der Waals surface area contributed by atoms with E-state index in [2.05, 4.69) is 0 Å². The Hall–Kier alpha value is -0.430. The minimum atomic E-state index is -3.25. The first-order chi connectivity index (χ1) is 6.64. The lowest BCUT2D eigenvalue weighted by molar-refractivity contribution is 0.285. The zero-order chi connectivity index (χ0) is 10.2. The molecule has 1 fully saturated rings. The molecule has 0 unspecified atom stereocenters. The van der Waals surface area contributed by atoms with Crippen LogP contribution in [-0.2, 0) is 16.6 Å². The topological polar surface area (TPSA) is 57.6 Å². The molecular weight excluding hydrogens is 222 g/mol. The van der Waals surface area contributed by atoms with Crippen molar-refractivity contribution in [1.29, 1.82) is 0 Å². The third-order valence-corrected chi connectivity index (χ3v) is 5.64. The van der Waals surface area contributed by atoms with Crippen LogP contribution in [0.15, 0.2) is 16.3 Å². The summed E-state index contributed by atoms with van der Waals surface area (Å²) in [5, 5.41) is 8.83. The second-order valence-corrected chi connectivity index (χ2v) is 6.47. The number of hydrogen-bond acceptors (Lipinski definition) is 4. The van der Waals surface area contributed by atoms with Gasteiger partial charge in [0.25, 0.3) is 10.0 Å².